The molecule has 0 unspecified atom stereocenters. The van der Waals surface area contributed by atoms with Gasteiger partial charge in [-0.15, -0.1) is 0 Å². The van der Waals surface area contributed by atoms with Crippen LogP contribution in [-0.2, 0) is 45.2 Å². The molecule has 0 atom stereocenters. The molecule has 21 heteroatoms. The van der Waals surface area contributed by atoms with Crippen molar-refractivity contribution < 1.29 is 42.9 Å². The van der Waals surface area contributed by atoms with Crippen LogP contribution in [0.5, 0.6) is 11.5 Å². The molecule has 7 aromatic rings. The number of benzene rings is 2. The van der Waals surface area contributed by atoms with Crippen LogP contribution in [0.25, 0.3) is 44.5 Å². The number of fused-ring (bicyclic) bond motifs is 4. The third-order valence-corrected chi connectivity index (χ3v) is 11.8. The standard InChI is InChI=1S/C50H60N12O9/c1-7-61-38(23-30(3)57-61)47-53-29-36-35-25-32(45(51)65)27-40(70-21-12-9-15-34(63)16-13-17-42(64)69-6)43(35)59(48(36)55-47)18-10-11-19-60-44-37(26-33(46(52)66)28-41(44)71-22-14-20-68-5)54-50(60)56-49(67)39-24-31(4)58-62(39)8-2/h10-11,23-29H,7-9,12-22H2,1-6H3,(H2,51,65)(H2,52,66)(H,54,56,67)/b11-10+. The normalized spacial score (nSPS) is 11.6. The number of anilines is 1. The zero-order valence-electron chi connectivity index (χ0n) is 40.9. The summed E-state index contributed by atoms with van der Waals surface area (Å²) in [5.74, 6) is -0.699. The third kappa shape index (κ3) is 11.7. The lowest BCUT2D eigenvalue weighted by Crippen LogP contribution is -2.20. The van der Waals surface area contributed by atoms with E-state index >= 15 is 0 Å². The number of ether oxygens (including phenoxy) is 4. The molecule has 5 heterocycles. The van der Waals surface area contributed by atoms with E-state index in [9.17, 15) is 24.0 Å². The van der Waals surface area contributed by atoms with Crippen molar-refractivity contribution >= 4 is 68.4 Å². The Hall–Kier alpha value is -7.94. The zero-order valence-corrected chi connectivity index (χ0v) is 40.9. The molecular formula is C50H60N12O9. The van der Waals surface area contributed by atoms with Gasteiger partial charge in [0.15, 0.2) is 5.82 Å². The minimum atomic E-state index is -0.672. The lowest BCUT2D eigenvalue weighted by Gasteiger charge is -2.13. The number of hydrogen-bond donors (Lipinski definition) is 3. The number of carbonyl (C=O) groups is 5. The molecule has 374 valence electrons. The van der Waals surface area contributed by atoms with Gasteiger partial charge in [0.05, 0.1) is 42.7 Å². The number of imidazole rings is 1. The fraction of sp³-hybridized carbons (Fsp3) is 0.400. The lowest BCUT2D eigenvalue weighted by atomic mass is 10.1. The van der Waals surface area contributed by atoms with Gasteiger partial charge in [0.1, 0.15) is 39.8 Å². The highest BCUT2D eigenvalue weighted by Gasteiger charge is 2.24. The number of unbranched alkanes of at least 4 members (excludes halogenated alkanes) is 1. The Bertz CT molecular complexity index is 3140. The predicted octanol–water partition coefficient (Wildman–Crippen LogP) is 6.23. The second-order valence-corrected chi connectivity index (χ2v) is 16.9. The number of nitrogens with one attached hydrogen (secondary N) is 1. The van der Waals surface area contributed by atoms with E-state index in [1.165, 1.54) is 7.11 Å². The maximum absolute atomic E-state index is 13.9. The smallest absolute Gasteiger partial charge is 0.305 e. The first-order valence-electron chi connectivity index (χ1n) is 23.6. The van der Waals surface area contributed by atoms with Crippen molar-refractivity contribution in [2.75, 3.05) is 39.4 Å². The molecule has 0 spiro atoms. The van der Waals surface area contributed by atoms with Crippen molar-refractivity contribution in [3.63, 3.8) is 0 Å². The first-order valence-corrected chi connectivity index (χ1v) is 23.6. The lowest BCUT2D eigenvalue weighted by molar-refractivity contribution is -0.140. The Labute approximate surface area is 409 Å². The Morgan fingerprint density at radius 2 is 1.34 bits per heavy atom. The summed E-state index contributed by atoms with van der Waals surface area (Å²) in [5.41, 5.74) is 16.7. The molecule has 0 aliphatic rings. The molecule has 0 saturated heterocycles. The molecule has 3 amide bonds. The van der Waals surface area contributed by atoms with Crippen LogP contribution in [0.2, 0.25) is 0 Å². The van der Waals surface area contributed by atoms with Gasteiger partial charge < -0.3 is 39.5 Å². The maximum atomic E-state index is 13.9. The third-order valence-electron chi connectivity index (χ3n) is 11.8. The van der Waals surface area contributed by atoms with Crippen LogP contribution >= 0.6 is 0 Å². The van der Waals surface area contributed by atoms with Gasteiger partial charge in [0.2, 0.25) is 17.8 Å². The van der Waals surface area contributed by atoms with Gasteiger partial charge in [-0.25, -0.2) is 15.0 Å². The topological polar surface area (TPSA) is 271 Å². The van der Waals surface area contributed by atoms with Crippen LogP contribution in [0, 0.1) is 13.8 Å². The van der Waals surface area contributed by atoms with E-state index in [1.54, 1.807) is 52.9 Å². The van der Waals surface area contributed by atoms with E-state index < -0.39 is 17.7 Å². The SMILES string of the molecule is CCn1nc(C)cc1C(=O)Nc1nc2cc(C(N)=O)cc(OCCCOC)c2n1C/C=C/Cn1c2nc(-c3cc(C)nn3CC)ncc2c2cc(C(N)=O)cc(OCCCCC(=O)CCCC(=O)OC)c21. The molecular weight excluding hydrogens is 913 g/mol. The fourth-order valence-corrected chi connectivity index (χ4v) is 8.39. The number of ketones is 1. The van der Waals surface area contributed by atoms with Crippen LogP contribution < -0.4 is 26.3 Å². The van der Waals surface area contributed by atoms with Crippen molar-refractivity contribution in [2.24, 2.45) is 11.5 Å². The van der Waals surface area contributed by atoms with Gasteiger partial charge in [0, 0.05) is 93.7 Å². The molecule has 0 bridgehead atoms. The highest BCUT2D eigenvalue weighted by Crippen LogP contribution is 2.37. The molecule has 0 aliphatic carbocycles. The number of esters is 1. The molecule has 0 radical (unpaired) electrons. The minimum Gasteiger partial charge on any atom is -0.491 e. The highest BCUT2D eigenvalue weighted by atomic mass is 16.5. The number of carbonyl (C=O) groups excluding carboxylic acids is 5. The quantitative estimate of drug-likeness (QED) is 0.0308. The minimum absolute atomic E-state index is 0.0476. The zero-order chi connectivity index (χ0) is 50.8. The first kappa shape index (κ1) is 50.9. The van der Waals surface area contributed by atoms with Gasteiger partial charge in [-0.05, 0) is 83.4 Å². The van der Waals surface area contributed by atoms with E-state index in [-0.39, 0.29) is 68.0 Å². The van der Waals surface area contributed by atoms with Crippen LogP contribution in [0.4, 0.5) is 5.95 Å². The molecule has 0 saturated carbocycles. The molecule has 2 aromatic carbocycles. The van der Waals surface area contributed by atoms with E-state index in [1.807, 2.05) is 55.2 Å². The van der Waals surface area contributed by atoms with E-state index in [0.29, 0.717) is 113 Å². The Kier molecular flexibility index (Phi) is 16.6. The van der Waals surface area contributed by atoms with Crippen molar-refractivity contribution in [3.05, 3.63) is 83.0 Å². The fourth-order valence-electron chi connectivity index (χ4n) is 8.39. The molecule has 0 aliphatic heterocycles. The summed E-state index contributed by atoms with van der Waals surface area (Å²) in [4.78, 5) is 78.0. The Morgan fingerprint density at radius 1 is 0.690 bits per heavy atom. The van der Waals surface area contributed by atoms with Crippen LogP contribution in [0.15, 0.2) is 54.7 Å². The Morgan fingerprint density at radius 3 is 2.03 bits per heavy atom. The second kappa shape index (κ2) is 23.1. The van der Waals surface area contributed by atoms with Gasteiger partial charge in [-0.3, -0.25) is 38.7 Å². The summed E-state index contributed by atoms with van der Waals surface area (Å²) in [6.45, 7) is 9.99. The van der Waals surface area contributed by atoms with E-state index in [4.69, 9.17) is 40.6 Å². The summed E-state index contributed by atoms with van der Waals surface area (Å²) >= 11 is 0. The van der Waals surface area contributed by atoms with Crippen LogP contribution in [0.3, 0.4) is 0 Å². The molecule has 5 aromatic heterocycles. The highest BCUT2D eigenvalue weighted by molar-refractivity contribution is 6.12. The molecule has 5 N–H and O–H groups in total. The van der Waals surface area contributed by atoms with Crippen molar-refractivity contribution in [1.29, 1.82) is 0 Å². The van der Waals surface area contributed by atoms with Crippen LogP contribution in [0.1, 0.15) is 101 Å². The van der Waals surface area contributed by atoms with Gasteiger partial charge >= 0.3 is 5.97 Å². The van der Waals surface area contributed by atoms with Crippen molar-refractivity contribution in [3.8, 4) is 23.0 Å². The molecule has 7 rings (SSSR count). The number of aryl methyl sites for hydroxylation is 4. The number of allylic oxidation sites excluding steroid dienone is 2. The summed E-state index contributed by atoms with van der Waals surface area (Å²) < 4.78 is 29.8. The average molecular weight is 973 g/mol. The number of aromatic nitrogens is 9. The maximum Gasteiger partial charge on any atom is 0.305 e. The second-order valence-electron chi connectivity index (χ2n) is 16.9. The van der Waals surface area contributed by atoms with Gasteiger partial charge in [-0.2, -0.15) is 10.2 Å². The molecule has 21 nitrogen and oxygen atoms in total. The Balaban J connectivity index is 1.28. The number of amides is 3. The number of Topliss-reactive ketones (excluding diaryl/α,β-unsaturated/α-hetero) is 1. The van der Waals surface area contributed by atoms with E-state index in [0.717, 1.165) is 11.4 Å². The summed E-state index contributed by atoms with van der Waals surface area (Å²) in [6, 6.07) is 10.1. The summed E-state index contributed by atoms with van der Waals surface area (Å²) in [6.07, 6.45) is 8.43. The van der Waals surface area contributed by atoms with Gasteiger partial charge in [-0.1, -0.05) is 12.2 Å². The van der Waals surface area contributed by atoms with E-state index in [2.05, 4.69) is 20.3 Å². The number of nitrogens with two attached hydrogens (primary N) is 2. The number of nitrogens with zero attached hydrogens (tertiary/aromatic N) is 9. The number of methoxy groups -OCH3 is 2. The largest absolute Gasteiger partial charge is 0.491 e. The van der Waals surface area contributed by atoms with Crippen molar-refractivity contribution in [1.82, 2.24) is 43.6 Å². The number of primary amides is 2. The van der Waals surface area contributed by atoms with Gasteiger partial charge in [0.25, 0.3) is 5.91 Å². The number of hydrogen-bond acceptors (Lipinski definition) is 14. The summed E-state index contributed by atoms with van der Waals surface area (Å²) in [5, 5.41) is 13.3. The monoisotopic (exact) mass is 972 g/mol. The molecule has 0 fully saturated rings. The first-order chi connectivity index (χ1) is 34.2. The average Bonchev–Trinajstić information content (AvgIpc) is 4.12. The van der Waals surface area contributed by atoms with Crippen LogP contribution in [-0.4, -0.2) is 107 Å². The summed E-state index contributed by atoms with van der Waals surface area (Å²) in [7, 11) is 2.92. The predicted molar refractivity (Wildman–Crippen MR) is 265 cm³/mol. The molecule has 71 heavy (non-hydrogen) atoms. The van der Waals surface area contributed by atoms with Crippen molar-refractivity contribution in [2.45, 2.75) is 98.8 Å². The number of rotatable bonds is 26.